The van der Waals surface area contributed by atoms with Gasteiger partial charge in [-0.3, -0.25) is 9.48 Å². The van der Waals surface area contributed by atoms with Crippen LogP contribution in [0.2, 0.25) is 0 Å². The van der Waals surface area contributed by atoms with Gasteiger partial charge in [0.25, 0.3) is 5.91 Å². The van der Waals surface area contributed by atoms with Gasteiger partial charge in [-0.2, -0.15) is 10.4 Å². The summed E-state index contributed by atoms with van der Waals surface area (Å²) in [4.78, 5) is 25.7. The number of nitrogens with zero attached hydrogens (tertiary/aromatic N) is 4. The second-order valence-corrected chi connectivity index (χ2v) is 8.91. The number of aromatic nitrogens is 2. The fourth-order valence-corrected chi connectivity index (χ4v) is 3.65. The van der Waals surface area contributed by atoms with Crippen molar-refractivity contribution < 1.29 is 23.1 Å². The SMILES string of the molecule is CC(C)(C)OC(=O)N1CC[C@](CC#N)(n2cc(C(N)=O)c(Nc3ccc(F)cc3)n2)[C@H](F)C1. The maximum absolute atomic E-state index is 15.6. The molecule has 1 saturated heterocycles. The van der Waals surface area contributed by atoms with Crippen LogP contribution in [0.1, 0.15) is 44.0 Å². The van der Waals surface area contributed by atoms with Crippen LogP contribution in [0.15, 0.2) is 30.5 Å². The number of rotatable bonds is 5. The predicted molar refractivity (Wildman–Crippen MR) is 116 cm³/mol. The molecule has 33 heavy (non-hydrogen) atoms. The number of anilines is 2. The van der Waals surface area contributed by atoms with Crippen LogP contribution >= 0.6 is 0 Å². The van der Waals surface area contributed by atoms with Crippen molar-refractivity contribution in [1.82, 2.24) is 14.7 Å². The lowest BCUT2D eigenvalue weighted by molar-refractivity contribution is -0.0179. The lowest BCUT2D eigenvalue weighted by atomic mass is 9.83. The highest BCUT2D eigenvalue weighted by atomic mass is 19.1. The molecule has 1 aromatic heterocycles. The molecule has 2 aromatic rings. The molecular formula is C22H26F2N6O3. The summed E-state index contributed by atoms with van der Waals surface area (Å²) >= 11 is 0. The lowest BCUT2D eigenvalue weighted by Crippen LogP contribution is -2.56. The third kappa shape index (κ3) is 5.22. The normalized spacial score (nSPS) is 20.7. The number of alkyl halides is 1. The van der Waals surface area contributed by atoms with Crippen LogP contribution in [-0.4, -0.2) is 51.5 Å². The van der Waals surface area contributed by atoms with E-state index in [1.165, 1.54) is 40.0 Å². The molecule has 2 heterocycles. The van der Waals surface area contributed by atoms with E-state index in [1.54, 1.807) is 20.8 Å². The van der Waals surface area contributed by atoms with Gasteiger partial charge in [-0.1, -0.05) is 0 Å². The molecule has 176 valence electrons. The summed E-state index contributed by atoms with van der Waals surface area (Å²) in [5.41, 5.74) is 3.76. The molecule has 3 rings (SSSR count). The van der Waals surface area contributed by atoms with Crippen LogP contribution in [0.25, 0.3) is 0 Å². The Hall–Kier alpha value is -3.68. The zero-order chi connectivity index (χ0) is 24.4. The Balaban J connectivity index is 1.91. The van der Waals surface area contributed by atoms with Crippen LogP contribution in [0, 0.1) is 17.1 Å². The number of hydrogen-bond acceptors (Lipinski definition) is 6. The van der Waals surface area contributed by atoms with E-state index in [0.29, 0.717) is 5.69 Å². The molecule has 0 saturated carbocycles. The number of nitrogens with one attached hydrogen (secondary N) is 1. The van der Waals surface area contributed by atoms with Crippen molar-refractivity contribution in [2.45, 2.75) is 50.9 Å². The zero-order valence-corrected chi connectivity index (χ0v) is 18.6. The largest absolute Gasteiger partial charge is 0.444 e. The summed E-state index contributed by atoms with van der Waals surface area (Å²) < 4.78 is 35.4. The van der Waals surface area contributed by atoms with Crippen molar-refractivity contribution in [3.05, 3.63) is 41.8 Å². The van der Waals surface area contributed by atoms with E-state index in [2.05, 4.69) is 10.4 Å². The van der Waals surface area contributed by atoms with E-state index >= 15 is 4.39 Å². The Kier molecular flexibility index (Phi) is 6.58. The fourth-order valence-electron chi connectivity index (χ4n) is 3.65. The molecule has 1 aliphatic heterocycles. The summed E-state index contributed by atoms with van der Waals surface area (Å²) in [5.74, 6) is -1.20. The van der Waals surface area contributed by atoms with Gasteiger partial charge in [-0.25, -0.2) is 13.6 Å². The Morgan fingerprint density at radius 1 is 1.36 bits per heavy atom. The standard InChI is InChI=1S/C22H26F2N6O3/c1-21(2,3)33-20(32)29-11-9-22(8-10-25,17(24)13-29)30-12-16(18(26)31)19(28-30)27-15-6-4-14(23)5-7-15/h4-7,12,17H,8-9,11,13H2,1-3H3,(H2,26,31)(H,27,28)/t17-,22+/m1/s1. The van der Waals surface area contributed by atoms with Gasteiger partial charge in [0.05, 0.1) is 19.0 Å². The molecule has 0 unspecified atom stereocenters. The van der Waals surface area contributed by atoms with Gasteiger partial charge in [-0.15, -0.1) is 0 Å². The number of nitrogens with two attached hydrogens (primary N) is 1. The maximum atomic E-state index is 15.6. The Bertz CT molecular complexity index is 1070. The minimum absolute atomic E-state index is 0.0154. The van der Waals surface area contributed by atoms with Crippen LogP contribution in [-0.2, 0) is 10.3 Å². The van der Waals surface area contributed by atoms with Crippen LogP contribution in [0.4, 0.5) is 25.1 Å². The van der Waals surface area contributed by atoms with Crippen molar-refractivity contribution in [1.29, 1.82) is 5.26 Å². The van der Waals surface area contributed by atoms with Gasteiger partial charge in [0.2, 0.25) is 0 Å². The number of amides is 2. The zero-order valence-electron chi connectivity index (χ0n) is 18.6. The van der Waals surface area contributed by atoms with Gasteiger partial charge in [0, 0.05) is 18.4 Å². The van der Waals surface area contributed by atoms with Crippen molar-refractivity contribution in [3.63, 3.8) is 0 Å². The van der Waals surface area contributed by atoms with E-state index in [-0.39, 0.29) is 37.3 Å². The van der Waals surface area contributed by atoms with Gasteiger partial charge >= 0.3 is 6.09 Å². The van der Waals surface area contributed by atoms with Crippen LogP contribution < -0.4 is 11.1 Å². The fraction of sp³-hybridized carbons (Fsp3) is 0.455. The quantitative estimate of drug-likeness (QED) is 0.704. The summed E-state index contributed by atoms with van der Waals surface area (Å²) in [6, 6.07) is 7.33. The second-order valence-electron chi connectivity index (χ2n) is 8.91. The average molecular weight is 460 g/mol. The summed E-state index contributed by atoms with van der Waals surface area (Å²) in [5, 5.41) is 16.6. The molecule has 3 N–H and O–H groups in total. The third-order valence-electron chi connectivity index (χ3n) is 5.36. The van der Waals surface area contributed by atoms with Crippen molar-refractivity contribution >= 4 is 23.5 Å². The number of nitriles is 1. The monoisotopic (exact) mass is 460 g/mol. The first-order valence-electron chi connectivity index (χ1n) is 10.4. The summed E-state index contributed by atoms with van der Waals surface area (Å²) in [6.07, 6.45) is -1.20. The van der Waals surface area contributed by atoms with E-state index in [1.807, 2.05) is 6.07 Å². The Morgan fingerprint density at radius 3 is 2.58 bits per heavy atom. The minimum Gasteiger partial charge on any atom is -0.444 e. The number of carbonyl (C=O) groups excluding carboxylic acids is 2. The average Bonchev–Trinajstić information content (AvgIpc) is 3.14. The van der Waals surface area contributed by atoms with E-state index in [9.17, 15) is 19.2 Å². The molecule has 9 nitrogen and oxygen atoms in total. The van der Waals surface area contributed by atoms with Crippen LogP contribution in [0.3, 0.4) is 0 Å². The number of likely N-dealkylation sites (tertiary alicyclic amines) is 1. The Labute approximate surface area is 190 Å². The molecule has 0 bridgehead atoms. The minimum atomic E-state index is -1.67. The smallest absolute Gasteiger partial charge is 0.410 e. The molecule has 1 aromatic carbocycles. The highest BCUT2D eigenvalue weighted by Gasteiger charge is 2.48. The first-order valence-corrected chi connectivity index (χ1v) is 10.4. The van der Waals surface area contributed by atoms with Crippen molar-refractivity contribution in [3.8, 4) is 6.07 Å². The number of carbonyl (C=O) groups is 2. The highest BCUT2D eigenvalue weighted by Crippen LogP contribution is 2.37. The highest BCUT2D eigenvalue weighted by molar-refractivity contribution is 5.98. The first kappa shape index (κ1) is 24.0. The number of piperidine rings is 1. The van der Waals surface area contributed by atoms with Gasteiger partial charge in [-0.05, 0) is 51.5 Å². The second kappa shape index (κ2) is 9.05. The molecule has 2 amide bonds. The lowest BCUT2D eigenvalue weighted by Gasteiger charge is -2.43. The van der Waals surface area contributed by atoms with Gasteiger partial charge in [0.1, 0.15) is 28.7 Å². The number of halogens is 2. The van der Waals surface area contributed by atoms with E-state index in [0.717, 1.165) is 0 Å². The number of ether oxygens (including phenoxy) is 1. The number of benzene rings is 1. The Morgan fingerprint density at radius 2 is 2.03 bits per heavy atom. The molecule has 0 aliphatic carbocycles. The first-order chi connectivity index (χ1) is 15.4. The number of primary amides is 1. The topological polar surface area (TPSA) is 126 Å². The molecular weight excluding hydrogens is 434 g/mol. The predicted octanol–water partition coefficient (Wildman–Crippen LogP) is 3.45. The maximum Gasteiger partial charge on any atom is 0.410 e. The molecule has 11 heteroatoms. The van der Waals surface area contributed by atoms with Crippen LogP contribution in [0.5, 0.6) is 0 Å². The number of hydrogen-bond donors (Lipinski definition) is 2. The molecule has 2 atom stereocenters. The van der Waals surface area contributed by atoms with Crippen molar-refractivity contribution in [2.24, 2.45) is 5.73 Å². The molecule has 0 radical (unpaired) electrons. The van der Waals surface area contributed by atoms with E-state index in [4.69, 9.17) is 10.5 Å². The van der Waals surface area contributed by atoms with Crippen molar-refractivity contribution in [2.75, 3.05) is 18.4 Å². The van der Waals surface area contributed by atoms with Gasteiger partial charge in [0.15, 0.2) is 5.82 Å². The summed E-state index contributed by atoms with van der Waals surface area (Å²) in [7, 11) is 0. The van der Waals surface area contributed by atoms with Gasteiger partial charge < -0.3 is 20.7 Å². The van der Waals surface area contributed by atoms with E-state index < -0.39 is 35.1 Å². The third-order valence-corrected chi connectivity index (χ3v) is 5.36. The summed E-state index contributed by atoms with van der Waals surface area (Å²) in [6.45, 7) is 4.97. The molecule has 1 fully saturated rings. The molecule has 0 spiro atoms. The molecule has 1 aliphatic rings.